The normalized spacial score (nSPS) is 10.0. The number of carboxylic acid groups (broad SMARTS) is 1. The van der Waals surface area contributed by atoms with Gasteiger partial charge in [0.15, 0.2) is 5.82 Å². The van der Waals surface area contributed by atoms with E-state index in [2.05, 4.69) is 20.9 Å². The average Bonchev–Trinajstić information content (AvgIpc) is 2.17. The van der Waals surface area contributed by atoms with Crippen LogP contribution in [0.5, 0.6) is 0 Å². The highest BCUT2D eigenvalue weighted by molar-refractivity contribution is 9.10. The number of aromatic carboxylic acids is 1. The van der Waals surface area contributed by atoms with Gasteiger partial charge in [-0.05, 0) is 15.9 Å². The molecule has 11 heavy (non-hydrogen) atoms. The summed E-state index contributed by atoms with van der Waals surface area (Å²) in [5.41, 5.74) is 5.34. The highest BCUT2D eigenvalue weighted by Crippen LogP contribution is 2.18. The van der Waals surface area contributed by atoms with Crippen molar-refractivity contribution >= 4 is 27.7 Å². The van der Waals surface area contributed by atoms with Crippen LogP contribution in [0.1, 0.15) is 10.6 Å². The predicted molar refractivity (Wildman–Crippen MR) is 42.3 cm³/mol. The maximum absolute atomic E-state index is 10.4. The first-order valence-electron chi connectivity index (χ1n) is 2.75. The Hall–Kier alpha value is -1.04. The average molecular weight is 220 g/mol. The number of nitrogens with two attached hydrogens (primary N) is 1. The van der Waals surface area contributed by atoms with Crippen LogP contribution in [0.3, 0.4) is 0 Å². The summed E-state index contributed by atoms with van der Waals surface area (Å²) in [6, 6.07) is 0. The lowest BCUT2D eigenvalue weighted by Crippen LogP contribution is -2.05. The Bertz CT molecular complexity index is 307. The molecule has 3 N–H and O–H groups in total. The molecule has 0 atom stereocenters. The molecule has 1 heterocycles. The molecule has 0 amide bonds. The summed E-state index contributed by atoms with van der Waals surface area (Å²) in [6.45, 7) is 0. The molecular weight excluding hydrogens is 214 g/mol. The number of nitrogens with zero attached hydrogens (tertiary/aromatic N) is 2. The van der Waals surface area contributed by atoms with Gasteiger partial charge in [0.1, 0.15) is 4.60 Å². The van der Waals surface area contributed by atoms with E-state index in [4.69, 9.17) is 10.8 Å². The number of carboxylic acids is 1. The van der Waals surface area contributed by atoms with Crippen molar-refractivity contribution in [1.29, 1.82) is 0 Å². The summed E-state index contributed by atoms with van der Waals surface area (Å²) in [4.78, 5) is 14.0. The molecule has 0 fully saturated rings. The van der Waals surface area contributed by atoms with Gasteiger partial charge in [0.25, 0.3) is 0 Å². The van der Waals surface area contributed by atoms with Crippen molar-refractivity contribution in [1.82, 2.24) is 9.55 Å². The molecule has 0 unspecified atom stereocenters. The third-order valence-corrected chi connectivity index (χ3v) is 2.18. The van der Waals surface area contributed by atoms with Crippen molar-refractivity contribution in [2.24, 2.45) is 7.05 Å². The second-order valence-electron chi connectivity index (χ2n) is 1.98. The van der Waals surface area contributed by atoms with Crippen LogP contribution in [0.15, 0.2) is 4.60 Å². The smallest absolute Gasteiger partial charge is 0.372 e. The Balaban J connectivity index is 3.29. The zero-order valence-corrected chi connectivity index (χ0v) is 7.29. The minimum atomic E-state index is -1.09. The van der Waals surface area contributed by atoms with E-state index in [-0.39, 0.29) is 11.6 Å². The van der Waals surface area contributed by atoms with Crippen molar-refractivity contribution in [2.45, 2.75) is 0 Å². The maximum atomic E-state index is 10.4. The van der Waals surface area contributed by atoms with Gasteiger partial charge < -0.3 is 15.4 Å². The van der Waals surface area contributed by atoms with Crippen molar-refractivity contribution < 1.29 is 9.90 Å². The third-order valence-electron chi connectivity index (χ3n) is 1.24. The molecule has 60 valence electrons. The van der Waals surface area contributed by atoms with Crippen LogP contribution in [-0.4, -0.2) is 20.6 Å². The first-order valence-corrected chi connectivity index (χ1v) is 3.54. The van der Waals surface area contributed by atoms with E-state index in [9.17, 15) is 4.79 Å². The monoisotopic (exact) mass is 219 g/mol. The molecule has 5 nitrogen and oxygen atoms in total. The lowest BCUT2D eigenvalue weighted by atomic mass is 10.6. The van der Waals surface area contributed by atoms with E-state index in [1.807, 2.05) is 0 Å². The molecule has 1 rings (SSSR count). The molecular formula is C5H6BrN3O2. The van der Waals surface area contributed by atoms with Crippen LogP contribution >= 0.6 is 15.9 Å². The number of anilines is 1. The number of hydrogen-bond donors (Lipinski definition) is 2. The van der Waals surface area contributed by atoms with E-state index in [1.54, 1.807) is 7.05 Å². The number of hydrogen-bond acceptors (Lipinski definition) is 3. The molecule has 0 bridgehead atoms. The Morgan fingerprint density at radius 3 is 2.55 bits per heavy atom. The summed E-state index contributed by atoms with van der Waals surface area (Å²) >= 11 is 3.08. The standard InChI is InChI=1S/C5H6BrN3O2/c1-9-2(6)3(7)8-4(9)5(10)11/h7H2,1H3,(H,10,11). The van der Waals surface area contributed by atoms with E-state index >= 15 is 0 Å². The number of carbonyl (C=O) groups is 1. The highest BCUT2D eigenvalue weighted by Gasteiger charge is 2.14. The topological polar surface area (TPSA) is 81.1 Å². The number of halogens is 1. The Kier molecular flexibility index (Phi) is 1.86. The Morgan fingerprint density at radius 1 is 1.82 bits per heavy atom. The summed E-state index contributed by atoms with van der Waals surface area (Å²) < 4.78 is 1.84. The Morgan fingerprint density at radius 2 is 2.36 bits per heavy atom. The molecule has 0 spiro atoms. The van der Waals surface area contributed by atoms with E-state index < -0.39 is 5.97 Å². The molecule has 6 heteroatoms. The van der Waals surface area contributed by atoms with E-state index in [0.717, 1.165) is 0 Å². The maximum Gasteiger partial charge on any atom is 0.372 e. The first-order chi connectivity index (χ1) is 5.04. The summed E-state index contributed by atoms with van der Waals surface area (Å²) in [5, 5.41) is 8.54. The number of imidazole rings is 1. The van der Waals surface area contributed by atoms with E-state index in [1.165, 1.54) is 4.57 Å². The lowest BCUT2D eigenvalue weighted by Gasteiger charge is -1.94. The van der Waals surface area contributed by atoms with E-state index in [0.29, 0.717) is 4.60 Å². The van der Waals surface area contributed by atoms with Gasteiger partial charge in [-0.3, -0.25) is 0 Å². The second-order valence-corrected chi connectivity index (χ2v) is 2.73. The van der Waals surface area contributed by atoms with Crippen molar-refractivity contribution in [3.8, 4) is 0 Å². The van der Waals surface area contributed by atoms with Gasteiger partial charge in [0.2, 0.25) is 5.82 Å². The molecule has 0 aliphatic carbocycles. The molecule has 0 radical (unpaired) electrons. The van der Waals surface area contributed by atoms with Crippen LogP contribution in [0, 0.1) is 0 Å². The number of rotatable bonds is 1. The summed E-state index contributed by atoms with van der Waals surface area (Å²) in [6.07, 6.45) is 0. The van der Waals surface area contributed by atoms with Gasteiger partial charge in [-0.25, -0.2) is 9.78 Å². The minimum absolute atomic E-state index is 0.0747. The van der Waals surface area contributed by atoms with Crippen LogP contribution in [0.25, 0.3) is 0 Å². The summed E-state index contributed by atoms with van der Waals surface area (Å²) in [7, 11) is 1.57. The van der Waals surface area contributed by atoms with Crippen molar-refractivity contribution in [3.05, 3.63) is 10.4 Å². The molecule has 0 aliphatic rings. The largest absolute Gasteiger partial charge is 0.475 e. The molecule has 1 aromatic heterocycles. The van der Waals surface area contributed by atoms with Gasteiger partial charge in [-0.1, -0.05) is 0 Å². The van der Waals surface area contributed by atoms with Crippen LogP contribution < -0.4 is 5.73 Å². The fourth-order valence-electron chi connectivity index (χ4n) is 0.691. The molecule has 0 saturated heterocycles. The summed E-state index contributed by atoms with van der Waals surface area (Å²) in [5.74, 6) is -0.982. The zero-order chi connectivity index (χ0) is 8.59. The minimum Gasteiger partial charge on any atom is -0.475 e. The van der Waals surface area contributed by atoms with Crippen molar-refractivity contribution in [3.63, 3.8) is 0 Å². The SMILES string of the molecule is Cn1c(C(=O)O)nc(N)c1Br. The lowest BCUT2D eigenvalue weighted by molar-refractivity contribution is 0.0679. The number of nitrogen functional groups attached to an aromatic ring is 1. The van der Waals surface area contributed by atoms with Crippen molar-refractivity contribution in [2.75, 3.05) is 5.73 Å². The number of aromatic nitrogens is 2. The molecule has 1 aromatic rings. The Labute approximate surface area is 71.0 Å². The van der Waals surface area contributed by atoms with Gasteiger partial charge in [0.05, 0.1) is 0 Å². The fraction of sp³-hybridized carbons (Fsp3) is 0.200. The molecule has 0 aromatic carbocycles. The second kappa shape index (κ2) is 2.54. The van der Waals surface area contributed by atoms with Crippen LogP contribution in [-0.2, 0) is 7.05 Å². The van der Waals surface area contributed by atoms with Gasteiger partial charge in [0, 0.05) is 7.05 Å². The fourth-order valence-corrected chi connectivity index (χ4v) is 0.948. The third kappa shape index (κ3) is 1.21. The quantitative estimate of drug-likeness (QED) is 0.720. The highest BCUT2D eigenvalue weighted by atomic mass is 79.9. The van der Waals surface area contributed by atoms with Gasteiger partial charge >= 0.3 is 5.97 Å². The molecule has 0 saturated carbocycles. The predicted octanol–water partition coefficient (Wildman–Crippen LogP) is 0.463. The van der Waals surface area contributed by atoms with Crippen LogP contribution in [0.2, 0.25) is 0 Å². The zero-order valence-electron chi connectivity index (χ0n) is 5.71. The van der Waals surface area contributed by atoms with Gasteiger partial charge in [-0.15, -0.1) is 0 Å². The first kappa shape index (κ1) is 8.06. The van der Waals surface area contributed by atoms with Gasteiger partial charge in [-0.2, -0.15) is 0 Å². The molecule has 0 aliphatic heterocycles. The van der Waals surface area contributed by atoms with Crippen LogP contribution in [0.4, 0.5) is 5.82 Å².